The summed E-state index contributed by atoms with van der Waals surface area (Å²) >= 11 is 0. The summed E-state index contributed by atoms with van der Waals surface area (Å²) < 4.78 is 0. The molecule has 0 aromatic heterocycles. The first-order valence-corrected chi connectivity index (χ1v) is 8.98. The first-order chi connectivity index (χ1) is 9.79. The number of piperidine rings is 1. The number of fused-ring (bicyclic) bond motifs is 1. The second kappa shape index (κ2) is 6.33. The van der Waals surface area contributed by atoms with Crippen LogP contribution in [0.5, 0.6) is 0 Å². The van der Waals surface area contributed by atoms with E-state index in [0.717, 1.165) is 18.5 Å². The lowest BCUT2D eigenvalue weighted by molar-refractivity contribution is -0.00546. The summed E-state index contributed by atoms with van der Waals surface area (Å²) in [6.45, 7) is 8.20. The average Bonchev–Trinajstić information content (AvgIpc) is 2.86. The lowest BCUT2D eigenvalue weighted by atomic mass is 9.81. The fourth-order valence-electron chi connectivity index (χ4n) is 5.20. The third-order valence-electron chi connectivity index (χ3n) is 6.44. The molecular formula is C17H33N3. The molecule has 1 aliphatic carbocycles. The number of nitrogens with zero attached hydrogens (tertiary/aromatic N) is 2. The van der Waals surface area contributed by atoms with E-state index in [9.17, 15) is 0 Å². The summed E-state index contributed by atoms with van der Waals surface area (Å²) in [6, 6.07) is 0.862. The van der Waals surface area contributed by atoms with E-state index in [1.54, 1.807) is 0 Å². The van der Waals surface area contributed by atoms with E-state index in [-0.39, 0.29) is 0 Å². The normalized spacial score (nSPS) is 40.5. The third kappa shape index (κ3) is 2.65. The molecule has 3 aliphatic rings. The van der Waals surface area contributed by atoms with Crippen LogP contribution in [0.3, 0.4) is 0 Å². The Kier molecular flexibility index (Phi) is 4.68. The summed E-state index contributed by atoms with van der Waals surface area (Å²) in [5, 5.41) is 0. The van der Waals surface area contributed by atoms with E-state index in [1.807, 2.05) is 0 Å². The topological polar surface area (TPSA) is 32.5 Å². The summed E-state index contributed by atoms with van der Waals surface area (Å²) in [5.41, 5.74) is 6.67. The Morgan fingerprint density at radius 1 is 1.00 bits per heavy atom. The molecule has 3 heteroatoms. The lowest BCUT2D eigenvalue weighted by Gasteiger charge is -2.50. The zero-order chi connectivity index (χ0) is 14.0. The van der Waals surface area contributed by atoms with Crippen LogP contribution in [0.2, 0.25) is 0 Å². The first-order valence-electron chi connectivity index (χ1n) is 8.98. The molecule has 1 saturated carbocycles. The van der Waals surface area contributed by atoms with Crippen LogP contribution in [0.1, 0.15) is 58.3 Å². The highest BCUT2D eigenvalue weighted by Gasteiger charge is 2.45. The monoisotopic (exact) mass is 279 g/mol. The minimum atomic E-state index is 0.317. The Bertz CT molecular complexity index is 319. The van der Waals surface area contributed by atoms with Gasteiger partial charge in [0.05, 0.1) is 0 Å². The maximum Gasteiger partial charge on any atom is 0.0347 e. The molecule has 3 rings (SSSR count). The Balaban J connectivity index is 1.76. The minimum absolute atomic E-state index is 0.317. The fourth-order valence-corrected chi connectivity index (χ4v) is 5.20. The van der Waals surface area contributed by atoms with Crippen LogP contribution < -0.4 is 5.73 Å². The van der Waals surface area contributed by atoms with Crippen molar-refractivity contribution in [2.45, 2.75) is 69.9 Å². The third-order valence-corrected chi connectivity index (χ3v) is 6.44. The molecule has 0 radical (unpaired) electrons. The molecule has 3 unspecified atom stereocenters. The van der Waals surface area contributed by atoms with Crippen molar-refractivity contribution in [3.63, 3.8) is 0 Å². The summed E-state index contributed by atoms with van der Waals surface area (Å²) in [5.74, 6) is 0.984. The SMILES string of the molecule is CCN1CCCC(CN)(N2CCCC3CCCC32)CC1. The van der Waals surface area contributed by atoms with Gasteiger partial charge in [0.25, 0.3) is 0 Å². The molecule has 3 nitrogen and oxygen atoms in total. The summed E-state index contributed by atoms with van der Waals surface area (Å²) in [7, 11) is 0. The van der Waals surface area contributed by atoms with Gasteiger partial charge in [-0.3, -0.25) is 4.90 Å². The zero-order valence-electron chi connectivity index (χ0n) is 13.3. The minimum Gasteiger partial charge on any atom is -0.329 e. The van der Waals surface area contributed by atoms with Gasteiger partial charge in [-0.15, -0.1) is 0 Å². The van der Waals surface area contributed by atoms with Crippen molar-refractivity contribution in [2.75, 3.05) is 32.7 Å². The second-order valence-electron chi connectivity index (χ2n) is 7.31. The molecule has 0 spiro atoms. The zero-order valence-corrected chi connectivity index (χ0v) is 13.3. The van der Waals surface area contributed by atoms with Gasteiger partial charge in [-0.05, 0) is 77.0 Å². The van der Waals surface area contributed by atoms with Crippen LogP contribution in [-0.4, -0.2) is 54.1 Å². The Labute approximate surface area is 124 Å². The molecule has 3 atom stereocenters. The molecule has 3 fully saturated rings. The Morgan fingerprint density at radius 3 is 2.65 bits per heavy atom. The standard InChI is InChI=1S/C17H33N3/c1-2-19-11-5-9-17(14-18,10-13-19)20-12-4-7-15-6-3-8-16(15)20/h15-16H,2-14,18H2,1H3. The van der Waals surface area contributed by atoms with Crippen LogP contribution in [0, 0.1) is 5.92 Å². The van der Waals surface area contributed by atoms with Gasteiger partial charge in [0.2, 0.25) is 0 Å². The maximum absolute atomic E-state index is 6.35. The van der Waals surface area contributed by atoms with Crippen molar-refractivity contribution < 1.29 is 0 Å². The number of nitrogens with two attached hydrogens (primary N) is 1. The molecular weight excluding hydrogens is 246 g/mol. The first kappa shape index (κ1) is 14.8. The summed E-state index contributed by atoms with van der Waals surface area (Å²) in [6.07, 6.45) is 11.2. The van der Waals surface area contributed by atoms with Crippen molar-refractivity contribution in [3.8, 4) is 0 Å². The largest absolute Gasteiger partial charge is 0.329 e. The second-order valence-corrected chi connectivity index (χ2v) is 7.31. The van der Waals surface area contributed by atoms with Gasteiger partial charge in [0.1, 0.15) is 0 Å². The molecule has 0 aromatic carbocycles. The van der Waals surface area contributed by atoms with Crippen molar-refractivity contribution >= 4 is 0 Å². The van der Waals surface area contributed by atoms with Gasteiger partial charge in [-0.2, -0.15) is 0 Å². The fraction of sp³-hybridized carbons (Fsp3) is 1.00. The van der Waals surface area contributed by atoms with Crippen LogP contribution in [0.25, 0.3) is 0 Å². The molecule has 2 saturated heterocycles. The average molecular weight is 279 g/mol. The van der Waals surface area contributed by atoms with Gasteiger partial charge in [-0.25, -0.2) is 0 Å². The van der Waals surface area contributed by atoms with E-state index < -0.39 is 0 Å². The quantitative estimate of drug-likeness (QED) is 0.861. The Hall–Kier alpha value is -0.120. The summed E-state index contributed by atoms with van der Waals surface area (Å²) in [4.78, 5) is 5.51. The highest BCUT2D eigenvalue weighted by molar-refractivity contribution is 5.01. The molecule has 20 heavy (non-hydrogen) atoms. The highest BCUT2D eigenvalue weighted by Crippen LogP contribution is 2.42. The molecule has 0 aromatic rings. The van der Waals surface area contributed by atoms with Gasteiger partial charge in [0, 0.05) is 18.1 Å². The molecule has 2 aliphatic heterocycles. The van der Waals surface area contributed by atoms with Crippen molar-refractivity contribution in [3.05, 3.63) is 0 Å². The highest BCUT2D eigenvalue weighted by atomic mass is 15.3. The van der Waals surface area contributed by atoms with Crippen LogP contribution in [-0.2, 0) is 0 Å². The van der Waals surface area contributed by atoms with Gasteiger partial charge < -0.3 is 10.6 Å². The number of hydrogen-bond acceptors (Lipinski definition) is 3. The smallest absolute Gasteiger partial charge is 0.0347 e. The molecule has 0 amide bonds. The molecule has 0 bridgehead atoms. The van der Waals surface area contributed by atoms with Crippen LogP contribution in [0.15, 0.2) is 0 Å². The van der Waals surface area contributed by atoms with Gasteiger partial charge >= 0.3 is 0 Å². The van der Waals surface area contributed by atoms with E-state index >= 15 is 0 Å². The lowest BCUT2D eigenvalue weighted by Crippen LogP contribution is -2.60. The van der Waals surface area contributed by atoms with Crippen molar-refractivity contribution in [1.29, 1.82) is 0 Å². The van der Waals surface area contributed by atoms with Crippen LogP contribution >= 0.6 is 0 Å². The van der Waals surface area contributed by atoms with Crippen molar-refractivity contribution in [2.24, 2.45) is 11.7 Å². The van der Waals surface area contributed by atoms with Gasteiger partial charge in [-0.1, -0.05) is 13.3 Å². The van der Waals surface area contributed by atoms with Gasteiger partial charge in [0.15, 0.2) is 0 Å². The number of hydrogen-bond donors (Lipinski definition) is 1. The molecule has 2 heterocycles. The maximum atomic E-state index is 6.35. The van der Waals surface area contributed by atoms with E-state index in [1.165, 1.54) is 77.5 Å². The predicted octanol–water partition coefficient (Wildman–Crippen LogP) is 2.45. The van der Waals surface area contributed by atoms with Crippen molar-refractivity contribution in [1.82, 2.24) is 9.80 Å². The number of likely N-dealkylation sites (tertiary alicyclic amines) is 2. The van der Waals surface area contributed by atoms with E-state index in [0.29, 0.717) is 5.54 Å². The predicted molar refractivity (Wildman–Crippen MR) is 84.8 cm³/mol. The van der Waals surface area contributed by atoms with Crippen LogP contribution in [0.4, 0.5) is 0 Å². The molecule has 2 N–H and O–H groups in total. The van der Waals surface area contributed by atoms with E-state index in [2.05, 4.69) is 16.7 Å². The number of rotatable bonds is 3. The van der Waals surface area contributed by atoms with E-state index in [4.69, 9.17) is 5.73 Å². The Morgan fingerprint density at radius 2 is 1.85 bits per heavy atom. The molecule has 116 valence electrons.